The van der Waals surface area contributed by atoms with Crippen molar-refractivity contribution in [3.8, 4) is 11.3 Å². The number of benzene rings is 1. The van der Waals surface area contributed by atoms with Gasteiger partial charge in [0.2, 0.25) is 11.8 Å². The summed E-state index contributed by atoms with van der Waals surface area (Å²) >= 11 is 6.04. The molecule has 0 saturated heterocycles. The minimum atomic E-state index is -0.140. The van der Waals surface area contributed by atoms with Crippen LogP contribution in [0.15, 0.2) is 54.1 Å². The lowest BCUT2D eigenvalue weighted by Crippen LogP contribution is -2.28. The summed E-state index contributed by atoms with van der Waals surface area (Å²) in [4.78, 5) is 13.3. The fourth-order valence-electron chi connectivity index (χ4n) is 2.19. The van der Waals surface area contributed by atoms with Gasteiger partial charge in [0.1, 0.15) is 5.69 Å². The fraction of sp³-hybridized carbons (Fsp3) is 0.176. The molecule has 4 nitrogen and oxygen atoms in total. The van der Waals surface area contributed by atoms with E-state index in [-0.39, 0.29) is 5.91 Å². The first-order valence-corrected chi connectivity index (χ1v) is 7.20. The smallest absolute Gasteiger partial charge is 0.238 e. The maximum absolute atomic E-state index is 11.8. The number of amides is 1. The van der Waals surface area contributed by atoms with E-state index in [2.05, 4.69) is 18.3 Å². The lowest BCUT2D eigenvalue weighted by atomic mass is 10.0. The molecule has 2 rings (SSSR count). The van der Waals surface area contributed by atoms with Gasteiger partial charge in [0.15, 0.2) is 0 Å². The lowest BCUT2D eigenvalue weighted by Gasteiger charge is -2.16. The van der Waals surface area contributed by atoms with E-state index in [9.17, 15) is 4.79 Å². The SMILES string of the molecule is C=CCc1c(-c2cccc(Cl)c2)noc1N(CC=C)C(C)=O. The minimum Gasteiger partial charge on any atom is -0.337 e. The third-order valence-electron chi connectivity index (χ3n) is 3.15. The van der Waals surface area contributed by atoms with E-state index in [0.717, 1.165) is 11.1 Å². The van der Waals surface area contributed by atoms with Gasteiger partial charge in [-0.1, -0.05) is 41.0 Å². The summed E-state index contributed by atoms with van der Waals surface area (Å²) in [5.74, 6) is 0.279. The van der Waals surface area contributed by atoms with Gasteiger partial charge in [-0.05, 0) is 18.6 Å². The molecule has 1 amide bonds. The van der Waals surface area contributed by atoms with Gasteiger partial charge in [0.25, 0.3) is 0 Å². The molecular formula is C17H17ClN2O2. The topological polar surface area (TPSA) is 46.3 Å². The highest BCUT2D eigenvalue weighted by Crippen LogP contribution is 2.33. The summed E-state index contributed by atoms with van der Waals surface area (Å²) in [6.45, 7) is 9.25. The Kier molecular flexibility index (Phi) is 5.17. The van der Waals surface area contributed by atoms with E-state index in [1.807, 2.05) is 12.1 Å². The zero-order chi connectivity index (χ0) is 16.1. The molecule has 114 valence electrons. The van der Waals surface area contributed by atoms with Crippen LogP contribution in [0.1, 0.15) is 12.5 Å². The second kappa shape index (κ2) is 7.09. The zero-order valence-electron chi connectivity index (χ0n) is 12.4. The summed E-state index contributed by atoms with van der Waals surface area (Å²) in [5, 5.41) is 4.73. The number of hydrogen-bond donors (Lipinski definition) is 0. The number of carbonyl (C=O) groups excluding carboxylic acids is 1. The van der Waals surface area contributed by atoms with Crippen LogP contribution in [0, 0.1) is 0 Å². The molecule has 0 N–H and O–H groups in total. The molecule has 1 aromatic carbocycles. The van der Waals surface area contributed by atoms with Crippen molar-refractivity contribution >= 4 is 23.4 Å². The third-order valence-corrected chi connectivity index (χ3v) is 3.39. The van der Waals surface area contributed by atoms with Crippen LogP contribution in [0.3, 0.4) is 0 Å². The fourth-order valence-corrected chi connectivity index (χ4v) is 2.38. The van der Waals surface area contributed by atoms with Crippen molar-refractivity contribution in [1.29, 1.82) is 0 Å². The normalized spacial score (nSPS) is 10.3. The molecule has 0 unspecified atom stereocenters. The number of hydrogen-bond acceptors (Lipinski definition) is 3. The van der Waals surface area contributed by atoms with Gasteiger partial charge in [0, 0.05) is 29.6 Å². The van der Waals surface area contributed by atoms with Gasteiger partial charge in [0.05, 0.1) is 0 Å². The Morgan fingerprint density at radius 2 is 2.18 bits per heavy atom. The Labute approximate surface area is 134 Å². The summed E-state index contributed by atoms with van der Waals surface area (Å²) in [6.07, 6.45) is 3.92. The Bertz CT molecular complexity index is 706. The van der Waals surface area contributed by atoms with Crippen molar-refractivity contribution in [1.82, 2.24) is 5.16 Å². The molecule has 1 heterocycles. The highest BCUT2D eigenvalue weighted by atomic mass is 35.5. The van der Waals surface area contributed by atoms with Crippen LogP contribution in [0.5, 0.6) is 0 Å². The van der Waals surface area contributed by atoms with Crippen molar-refractivity contribution in [2.45, 2.75) is 13.3 Å². The van der Waals surface area contributed by atoms with Crippen molar-refractivity contribution in [2.24, 2.45) is 0 Å². The number of anilines is 1. The summed E-state index contributed by atoms with van der Waals surface area (Å²) in [5.41, 5.74) is 2.29. The van der Waals surface area contributed by atoms with Crippen LogP contribution in [-0.2, 0) is 11.2 Å². The molecule has 0 aliphatic heterocycles. The molecule has 0 aliphatic carbocycles. The van der Waals surface area contributed by atoms with Crippen LogP contribution in [-0.4, -0.2) is 17.6 Å². The maximum atomic E-state index is 11.8. The Hall–Kier alpha value is -2.33. The van der Waals surface area contributed by atoms with Crippen LogP contribution in [0.4, 0.5) is 5.88 Å². The maximum Gasteiger partial charge on any atom is 0.238 e. The number of halogens is 1. The van der Waals surface area contributed by atoms with E-state index < -0.39 is 0 Å². The van der Waals surface area contributed by atoms with Gasteiger partial charge in [-0.2, -0.15) is 0 Å². The van der Waals surface area contributed by atoms with Crippen LogP contribution < -0.4 is 4.90 Å². The summed E-state index contributed by atoms with van der Waals surface area (Å²) in [7, 11) is 0. The molecule has 0 spiro atoms. The molecule has 0 aliphatic rings. The van der Waals surface area contributed by atoms with E-state index in [4.69, 9.17) is 16.1 Å². The average molecular weight is 317 g/mol. The van der Waals surface area contributed by atoms with E-state index in [0.29, 0.717) is 29.6 Å². The highest BCUT2D eigenvalue weighted by molar-refractivity contribution is 6.30. The van der Waals surface area contributed by atoms with Crippen LogP contribution in [0.25, 0.3) is 11.3 Å². The molecule has 0 atom stereocenters. The molecule has 5 heteroatoms. The number of allylic oxidation sites excluding steroid dienone is 1. The number of carbonyl (C=O) groups is 1. The molecule has 0 fully saturated rings. The van der Waals surface area contributed by atoms with Crippen molar-refractivity contribution in [3.63, 3.8) is 0 Å². The van der Waals surface area contributed by atoms with Gasteiger partial charge in [-0.25, -0.2) is 0 Å². The molecule has 2 aromatic rings. The van der Waals surface area contributed by atoms with E-state index in [1.165, 1.54) is 11.8 Å². The molecular weight excluding hydrogens is 300 g/mol. The predicted molar refractivity (Wildman–Crippen MR) is 89.1 cm³/mol. The van der Waals surface area contributed by atoms with Crippen molar-refractivity contribution < 1.29 is 9.32 Å². The average Bonchev–Trinajstić information content (AvgIpc) is 2.88. The van der Waals surface area contributed by atoms with Gasteiger partial charge >= 0.3 is 0 Å². The van der Waals surface area contributed by atoms with E-state index in [1.54, 1.807) is 24.3 Å². The molecule has 1 aromatic heterocycles. The third kappa shape index (κ3) is 3.28. The second-order valence-electron chi connectivity index (χ2n) is 4.74. The Morgan fingerprint density at radius 1 is 1.41 bits per heavy atom. The minimum absolute atomic E-state index is 0.140. The highest BCUT2D eigenvalue weighted by Gasteiger charge is 2.23. The van der Waals surface area contributed by atoms with Gasteiger partial charge < -0.3 is 4.52 Å². The first-order chi connectivity index (χ1) is 10.6. The van der Waals surface area contributed by atoms with Gasteiger partial charge in [-0.3, -0.25) is 9.69 Å². The van der Waals surface area contributed by atoms with E-state index >= 15 is 0 Å². The number of rotatable bonds is 6. The quantitative estimate of drug-likeness (QED) is 0.748. The second-order valence-corrected chi connectivity index (χ2v) is 5.17. The molecule has 0 bridgehead atoms. The largest absolute Gasteiger partial charge is 0.337 e. The monoisotopic (exact) mass is 316 g/mol. The first kappa shape index (κ1) is 16.0. The number of aromatic nitrogens is 1. The van der Waals surface area contributed by atoms with Crippen LogP contribution >= 0.6 is 11.6 Å². The molecule has 0 radical (unpaired) electrons. The first-order valence-electron chi connectivity index (χ1n) is 6.82. The predicted octanol–water partition coefficient (Wildman–Crippen LogP) is 4.26. The number of nitrogens with zero attached hydrogens (tertiary/aromatic N) is 2. The Balaban J connectivity index is 2.55. The summed E-state index contributed by atoms with van der Waals surface area (Å²) in [6, 6.07) is 7.34. The summed E-state index contributed by atoms with van der Waals surface area (Å²) < 4.78 is 5.44. The lowest BCUT2D eigenvalue weighted by molar-refractivity contribution is -0.116. The van der Waals surface area contributed by atoms with Crippen molar-refractivity contribution in [2.75, 3.05) is 11.4 Å². The van der Waals surface area contributed by atoms with Crippen LogP contribution in [0.2, 0.25) is 5.02 Å². The molecule has 22 heavy (non-hydrogen) atoms. The van der Waals surface area contributed by atoms with Gasteiger partial charge in [-0.15, -0.1) is 13.2 Å². The standard InChI is InChI=1S/C17H17ClN2O2/c1-4-7-15-16(13-8-6-9-14(18)11-13)19-22-17(15)20(10-5-2)12(3)21/h4-6,8-9,11H,1-2,7,10H2,3H3. The zero-order valence-corrected chi connectivity index (χ0v) is 13.1. The molecule has 0 saturated carbocycles. The Morgan fingerprint density at radius 3 is 2.77 bits per heavy atom. The van der Waals surface area contributed by atoms with Crippen molar-refractivity contribution in [3.05, 3.63) is 60.2 Å².